The van der Waals surface area contributed by atoms with Crippen LogP contribution in [0.1, 0.15) is 26.0 Å². The summed E-state index contributed by atoms with van der Waals surface area (Å²) < 4.78 is 45.4. The topological polar surface area (TPSA) is 72.5 Å². The lowest BCUT2D eigenvalue weighted by Gasteiger charge is -2.18. The number of nitrogens with one attached hydrogen (secondary N) is 1. The van der Waals surface area contributed by atoms with Gasteiger partial charge in [0.15, 0.2) is 9.84 Å². The Hall–Kier alpha value is -2.42. The largest absolute Gasteiger partial charge is 0.496 e. The normalized spacial score (nSPS) is 12.4. The van der Waals surface area contributed by atoms with Gasteiger partial charge in [0.2, 0.25) is 0 Å². The van der Waals surface area contributed by atoms with Crippen molar-refractivity contribution in [2.45, 2.75) is 17.1 Å². The van der Waals surface area contributed by atoms with Crippen molar-refractivity contribution in [1.82, 2.24) is 5.32 Å². The van der Waals surface area contributed by atoms with E-state index in [2.05, 4.69) is 5.32 Å². The number of rotatable bonds is 7. The zero-order valence-corrected chi connectivity index (χ0v) is 18.6. The lowest BCUT2D eigenvalue weighted by Crippen LogP contribution is -2.32. The van der Waals surface area contributed by atoms with Crippen LogP contribution in [0, 0.1) is 12.7 Å². The van der Waals surface area contributed by atoms with Gasteiger partial charge in [0.1, 0.15) is 16.8 Å². The monoisotopic (exact) mass is 467 g/mol. The number of halogens is 2. The number of aryl methyl sites for hydroxylation is 1. The number of thiophene rings is 1. The van der Waals surface area contributed by atoms with Crippen LogP contribution in [-0.4, -0.2) is 28.0 Å². The molecule has 1 amide bonds. The second-order valence-electron chi connectivity index (χ2n) is 6.51. The maximum absolute atomic E-state index is 13.6. The minimum atomic E-state index is -3.89. The molecule has 30 heavy (non-hydrogen) atoms. The van der Waals surface area contributed by atoms with Crippen molar-refractivity contribution in [2.75, 3.05) is 13.7 Å². The van der Waals surface area contributed by atoms with Gasteiger partial charge < -0.3 is 10.1 Å². The number of sulfone groups is 1. The predicted molar refractivity (Wildman–Crippen MR) is 116 cm³/mol. The number of carbonyl (C=O) groups excluding carboxylic acids is 1. The molecule has 3 aromatic rings. The molecule has 0 unspecified atom stereocenters. The summed E-state index contributed by atoms with van der Waals surface area (Å²) in [5, 5.41) is 3.75. The molecule has 2 aromatic carbocycles. The smallest absolute Gasteiger partial charge is 0.255 e. The maximum Gasteiger partial charge on any atom is 0.255 e. The molecule has 5 nitrogen and oxygen atoms in total. The number of hydrogen-bond acceptors (Lipinski definition) is 5. The van der Waals surface area contributed by atoms with Crippen molar-refractivity contribution in [1.29, 1.82) is 0 Å². The van der Waals surface area contributed by atoms with Crippen molar-refractivity contribution in [2.24, 2.45) is 0 Å². The Labute approximate surface area is 183 Å². The molecule has 1 atom stereocenters. The van der Waals surface area contributed by atoms with Crippen LogP contribution in [0.2, 0.25) is 5.02 Å². The zero-order valence-electron chi connectivity index (χ0n) is 16.2. The van der Waals surface area contributed by atoms with Gasteiger partial charge in [0.25, 0.3) is 5.91 Å². The van der Waals surface area contributed by atoms with Crippen molar-refractivity contribution in [3.8, 4) is 5.75 Å². The Morgan fingerprint density at radius 2 is 2.00 bits per heavy atom. The highest BCUT2D eigenvalue weighted by Gasteiger charge is 2.31. The number of benzene rings is 2. The minimum Gasteiger partial charge on any atom is -0.496 e. The van der Waals surface area contributed by atoms with E-state index in [1.807, 2.05) is 0 Å². The maximum atomic E-state index is 13.6. The third kappa shape index (κ3) is 4.66. The molecule has 1 N–H and O–H groups in total. The summed E-state index contributed by atoms with van der Waals surface area (Å²) in [4.78, 5) is 13.3. The fourth-order valence-corrected chi connectivity index (χ4v) is 5.97. The lowest BCUT2D eigenvalue weighted by molar-refractivity contribution is 0.0950. The molecule has 1 heterocycles. The molecule has 3 rings (SSSR count). The number of carbonyl (C=O) groups is 1. The summed E-state index contributed by atoms with van der Waals surface area (Å²) >= 11 is 7.25. The first-order valence-corrected chi connectivity index (χ1v) is 11.7. The van der Waals surface area contributed by atoms with E-state index in [9.17, 15) is 17.6 Å². The first-order valence-electron chi connectivity index (χ1n) is 8.89. The quantitative estimate of drug-likeness (QED) is 0.506. The fourth-order valence-electron chi connectivity index (χ4n) is 2.93. The summed E-state index contributed by atoms with van der Waals surface area (Å²) in [7, 11) is -2.47. The van der Waals surface area contributed by atoms with Gasteiger partial charge in [-0.2, -0.15) is 0 Å². The van der Waals surface area contributed by atoms with E-state index in [1.54, 1.807) is 29.6 Å². The first kappa shape index (κ1) is 22.3. The first-order chi connectivity index (χ1) is 14.2. The molecular weight excluding hydrogens is 449 g/mol. The summed E-state index contributed by atoms with van der Waals surface area (Å²) in [6, 6.07) is 11.7. The molecule has 158 valence electrons. The van der Waals surface area contributed by atoms with Gasteiger partial charge in [-0.05, 0) is 60.3 Å². The van der Waals surface area contributed by atoms with Crippen LogP contribution in [0.15, 0.2) is 58.8 Å². The standard InChI is InChI=1S/C21H19ClFNO4S2/c1-13-10-15(6-7-17(13)23)30(26,27)20(19-4-3-9-29-19)12-24-21(25)16-11-14(22)5-8-18(16)28-2/h3-11,20H,12H2,1-2H3,(H,24,25)/t20-/m0/s1. The van der Waals surface area contributed by atoms with Crippen molar-refractivity contribution in [3.63, 3.8) is 0 Å². The van der Waals surface area contributed by atoms with E-state index in [0.29, 0.717) is 15.6 Å². The van der Waals surface area contributed by atoms with Gasteiger partial charge in [0.05, 0.1) is 17.6 Å². The Kier molecular flexibility index (Phi) is 6.80. The average molecular weight is 468 g/mol. The molecule has 9 heteroatoms. The van der Waals surface area contributed by atoms with Crippen molar-refractivity contribution >= 4 is 38.7 Å². The van der Waals surface area contributed by atoms with E-state index in [-0.39, 0.29) is 22.6 Å². The molecule has 0 radical (unpaired) electrons. The van der Waals surface area contributed by atoms with Crippen LogP contribution in [0.3, 0.4) is 0 Å². The van der Waals surface area contributed by atoms with Gasteiger partial charge in [-0.25, -0.2) is 12.8 Å². The van der Waals surface area contributed by atoms with Crippen molar-refractivity contribution < 1.29 is 22.3 Å². The minimum absolute atomic E-state index is 0.00520. The van der Waals surface area contributed by atoms with E-state index in [0.717, 1.165) is 6.07 Å². The molecule has 0 saturated carbocycles. The highest BCUT2D eigenvalue weighted by Crippen LogP contribution is 2.32. The van der Waals surface area contributed by atoms with Crippen LogP contribution in [0.5, 0.6) is 5.75 Å². The van der Waals surface area contributed by atoms with Gasteiger partial charge in [-0.1, -0.05) is 17.7 Å². The Morgan fingerprint density at radius 1 is 1.23 bits per heavy atom. The van der Waals surface area contributed by atoms with Crippen LogP contribution >= 0.6 is 22.9 Å². The van der Waals surface area contributed by atoms with Gasteiger partial charge in [-0.15, -0.1) is 11.3 Å². The molecule has 0 spiro atoms. The second-order valence-corrected chi connectivity index (χ2v) is 10.1. The van der Waals surface area contributed by atoms with E-state index in [4.69, 9.17) is 16.3 Å². The fraction of sp³-hybridized carbons (Fsp3) is 0.190. The third-order valence-electron chi connectivity index (χ3n) is 4.55. The molecule has 0 fully saturated rings. The zero-order chi connectivity index (χ0) is 21.9. The number of methoxy groups -OCH3 is 1. The Morgan fingerprint density at radius 3 is 2.63 bits per heavy atom. The molecule has 0 aliphatic heterocycles. The van der Waals surface area contributed by atoms with Crippen LogP contribution in [0.25, 0.3) is 0 Å². The van der Waals surface area contributed by atoms with Gasteiger partial charge >= 0.3 is 0 Å². The molecule has 0 bridgehead atoms. The number of ether oxygens (including phenoxy) is 1. The van der Waals surface area contributed by atoms with Crippen LogP contribution < -0.4 is 10.1 Å². The SMILES string of the molecule is COc1ccc(Cl)cc1C(=O)NC[C@@H](c1cccs1)S(=O)(=O)c1ccc(F)c(C)c1. The Bertz CT molecular complexity index is 1160. The van der Waals surface area contributed by atoms with E-state index >= 15 is 0 Å². The van der Waals surface area contributed by atoms with Gasteiger partial charge in [-0.3, -0.25) is 4.79 Å². The molecule has 0 aliphatic carbocycles. The number of amides is 1. The van der Waals surface area contributed by atoms with Crippen LogP contribution in [-0.2, 0) is 9.84 Å². The highest BCUT2D eigenvalue weighted by atomic mass is 35.5. The summed E-state index contributed by atoms with van der Waals surface area (Å²) in [6.45, 7) is 1.33. The molecule has 0 aliphatic rings. The average Bonchev–Trinajstić information content (AvgIpc) is 3.24. The Balaban J connectivity index is 1.92. The number of hydrogen-bond donors (Lipinski definition) is 1. The van der Waals surface area contributed by atoms with Gasteiger partial charge in [0, 0.05) is 16.4 Å². The van der Waals surface area contributed by atoms with E-state index in [1.165, 1.54) is 43.6 Å². The lowest BCUT2D eigenvalue weighted by atomic mass is 10.2. The third-order valence-corrected chi connectivity index (χ3v) is 8.00. The summed E-state index contributed by atoms with van der Waals surface area (Å²) in [6.07, 6.45) is 0. The highest BCUT2D eigenvalue weighted by molar-refractivity contribution is 7.91. The summed E-state index contributed by atoms with van der Waals surface area (Å²) in [5.41, 5.74) is 0.429. The molecule has 1 aromatic heterocycles. The summed E-state index contributed by atoms with van der Waals surface area (Å²) in [5.74, 6) is -0.675. The predicted octanol–water partition coefficient (Wildman–Crippen LogP) is 4.80. The van der Waals surface area contributed by atoms with Crippen LogP contribution in [0.4, 0.5) is 4.39 Å². The molecule has 0 saturated heterocycles. The molecular formula is C21H19ClFNO4S2. The second kappa shape index (κ2) is 9.16. The van der Waals surface area contributed by atoms with Crippen molar-refractivity contribution in [3.05, 3.63) is 80.8 Å². The van der Waals surface area contributed by atoms with E-state index < -0.39 is 26.8 Å².